The molecule has 160 valence electrons. The fraction of sp³-hybridized carbons (Fsp3) is 0.182. The van der Waals surface area contributed by atoms with Gasteiger partial charge >= 0.3 is 17.6 Å². The fourth-order valence-corrected chi connectivity index (χ4v) is 2.99. The number of carboxylic acid groups (broad SMARTS) is 2. The summed E-state index contributed by atoms with van der Waals surface area (Å²) in [5.74, 6) is -3.41. The number of carboxylic acids is 2. The van der Waals surface area contributed by atoms with Crippen molar-refractivity contribution in [1.29, 1.82) is 0 Å². The molecule has 3 rings (SSSR count). The van der Waals surface area contributed by atoms with Crippen molar-refractivity contribution >= 4 is 28.8 Å². The second kappa shape index (κ2) is 9.12. The van der Waals surface area contributed by atoms with Crippen LogP contribution in [0.25, 0.3) is 22.1 Å². The van der Waals surface area contributed by atoms with Crippen LogP contribution in [0.3, 0.4) is 0 Å². The summed E-state index contributed by atoms with van der Waals surface area (Å²) in [6, 6.07) is 13.8. The summed E-state index contributed by atoms with van der Waals surface area (Å²) in [5, 5.41) is 20.6. The molecule has 1 heterocycles. The minimum Gasteiger partial charge on any atom is -0.481 e. The second-order valence-corrected chi connectivity index (χ2v) is 6.76. The fourth-order valence-electron chi connectivity index (χ4n) is 2.99. The molecule has 2 atom stereocenters. The van der Waals surface area contributed by atoms with Crippen LogP contribution in [0.2, 0.25) is 0 Å². The van der Waals surface area contributed by atoms with Gasteiger partial charge in [0.2, 0.25) is 0 Å². The predicted molar refractivity (Wildman–Crippen MR) is 110 cm³/mol. The smallest absolute Gasteiger partial charge is 0.336 e. The van der Waals surface area contributed by atoms with Gasteiger partial charge in [-0.15, -0.1) is 0 Å². The van der Waals surface area contributed by atoms with Crippen LogP contribution < -0.4 is 15.7 Å². The van der Waals surface area contributed by atoms with Crippen LogP contribution in [-0.2, 0) is 14.4 Å². The molecule has 0 spiro atoms. The molecule has 9 heteroatoms. The summed E-state index contributed by atoms with van der Waals surface area (Å²) in [5.41, 5.74) is 1.22. The minimum atomic E-state index is -1.58. The highest BCUT2D eigenvalue weighted by Crippen LogP contribution is 2.29. The van der Waals surface area contributed by atoms with E-state index in [9.17, 15) is 19.2 Å². The van der Waals surface area contributed by atoms with Crippen molar-refractivity contribution in [2.45, 2.75) is 25.5 Å². The maximum atomic E-state index is 12.2. The number of ether oxygens (including phenoxy) is 1. The van der Waals surface area contributed by atoms with Gasteiger partial charge in [0.15, 0.2) is 6.10 Å². The zero-order valence-corrected chi connectivity index (χ0v) is 16.4. The Balaban J connectivity index is 1.82. The number of amides is 1. The first-order valence-corrected chi connectivity index (χ1v) is 9.29. The van der Waals surface area contributed by atoms with Crippen LogP contribution in [0, 0.1) is 0 Å². The molecule has 1 aromatic heterocycles. The average Bonchev–Trinajstić information content (AvgIpc) is 2.72. The lowest BCUT2D eigenvalue weighted by Gasteiger charge is -2.18. The van der Waals surface area contributed by atoms with Gasteiger partial charge in [0.1, 0.15) is 17.4 Å². The molecule has 1 amide bonds. The van der Waals surface area contributed by atoms with E-state index in [4.69, 9.17) is 19.4 Å². The van der Waals surface area contributed by atoms with Gasteiger partial charge in [0.25, 0.3) is 5.91 Å². The largest absolute Gasteiger partial charge is 0.481 e. The Labute approximate surface area is 175 Å². The lowest BCUT2D eigenvalue weighted by Crippen LogP contribution is -2.47. The molecule has 0 radical (unpaired) electrons. The van der Waals surface area contributed by atoms with Crippen LogP contribution in [0.1, 0.15) is 13.3 Å². The number of hydrogen-bond acceptors (Lipinski definition) is 6. The maximum absolute atomic E-state index is 12.2. The highest BCUT2D eigenvalue weighted by Gasteiger charge is 2.26. The summed E-state index contributed by atoms with van der Waals surface area (Å²) >= 11 is 0. The van der Waals surface area contributed by atoms with Crippen molar-refractivity contribution in [1.82, 2.24) is 5.32 Å². The molecule has 0 bridgehead atoms. The molecule has 3 N–H and O–H groups in total. The number of rotatable bonds is 8. The standard InChI is InChI=1S/C22H19NO8/c1-12(21(27)23-17(22(28)29)11-19(24)25)30-14-7-8-15-16(13-5-3-2-4-6-13)10-20(26)31-18(15)9-14/h2-10,12,17H,11H2,1H3,(H,23,27)(H,24,25)(H,28,29)/t12?,17-/m0/s1. The van der Waals surface area contributed by atoms with Crippen molar-refractivity contribution in [2.75, 3.05) is 0 Å². The van der Waals surface area contributed by atoms with Crippen molar-refractivity contribution in [3.05, 3.63) is 65.0 Å². The molecule has 0 aliphatic carbocycles. The maximum Gasteiger partial charge on any atom is 0.336 e. The van der Waals surface area contributed by atoms with Crippen LogP contribution >= 0.6 is 0 Å². The van der Waals surface area contributed by atoms with E-state index in [0.29, 0.717) is 10.9 Å². The van der Waals surface area contributed by atoms with E-state index < -0.39 is 42.0 Å². The number of hydrogen-bond donors (Lipinski definition) is 3. The zero-order valence-electron chi connectivity index (χ0n) is 16.4. The zero-order chi connectivity index (χ0) is 22.5. The van der Waals surface area contributed by atoms with Gasteiger partial charge < -0.3 is 24.7 Å². The first-order valence-electron chi connectivity index (χ1n) is 9.29. The highest BCUT2D eigenvalue weighted by atomic mass is 16.5. The summed E-state index contributed by atoms with van der Waals surface area (Å²) in [4.78, 5) is 46.1. The molecule has 3 aromatic rings. The Morgan fingerprint density at radius 2 is 1.77 bits per heavy atom. The average molecular weight is 425 g/mol. The van der Waals surface area contributed by atoms with E-state index in [1.54, 1.807) is 12.1 Å². The number of benzene rings is 2. The van der Waals surface area contributed by atoms with Crippen molar-refractivity contribution in [3.63, 3.8) is 0 Å². The van der Waals surface area contributed by atoms with Gasteiger partial charge in [-0.3, -0.25) is 9.59 Å². The van der Waals surface area contributed by atoms with E-state index in [0.717, 1.165) is 5.56 Å². The van der Waals surface area contributed by atoms with Gasteiger partial charge in [-0.1, -0.05) is 30.3 Å². The van der Waals surface area contributed by atoms with E-state index in [-0.39, 0.29) is 11.3 Å². The Hall–Kier alpha value is -4.14. The SMILES string of the molecule is CC(Oc1ccc2c(-c3ccccc3)cc(=O)oc2c1)C(=O)N[C@@H](CC(=O)O)C(=O)O. The second-order valence-electron chi connectivity index (χ2n) is 6.76. The van der Waals surface area contributed by atoms with E-state index in [1.165, 1.54) is 19.1 Å². The summed E-state index contributed by atoms with van der Waals surface area (Å²) < 4.78 is 10.8. The van der Waals surface area contributed by atoms with Gasteiger partial charge in [-0.25, -0.2) is 9.59 Å². The number of carbonyl (C=O) groups is 3. The molecule has 0 saturated heterocycles. The molecule has 1 unspecified atom stereocenters. The Morgan fingerprint density at radius 3 is 2.42 bits per heavy atom. The predicted octanol–water partition coefficient (Wildman–Crippen LogP) is 2.27. The van der Waals surface area contributed by atoms with E-state index in [2.05, 4.69) is 5.32 Å². The van der Waals surface area contributed by atoms with Gasteiger partial charge in [-0.05, 0) is 30.2 Å². The third kappa shape index (κ3) is 5.27. The molecule has 2 aromatic carbocycles. The molecule has 0 aliphatic heterocycles. The quantitative estimate of drug-likeness (QED) is 0.467. The number of carbonyl (C=O) groups excluding carboxylic acids is 1. The van der Waals surface area contributed by atoms with Crippen LogP contribution in [0.5, 0.6) is 5.75 Å². The minimum absolute atomic E-state index is 0.216. The van der Waals surface area contributed by atoms with Crippen molar-refractivity contribution in [2.24, 2.45) is 0 Å². The van der Waals surface area contributed by atoms with E-state index in [1.807, 2.05) is 30.3 Å². The molecule has 9 nitrogen and oxygen atoms in total. The normalized spacial score (nSPS) is 12.7. The molecule has 31 heavy (non-hydrogen) atoms. The van der Waals surface area contributed by atoms with Gasteiger partial charge in [0, 0.05) is 17.5 Å². The monoisotopic (exact) mass is 425 g/mol. The van der Waals surface area contributed by atoms with Gasteiger partial charge in [-0.2, -0.15) is 0 Å². The first kappa shape index (κ1) is 21.6. The number of aliphatic carboxylic acids is 2. The Kier molecular flexibility index (Phi) is 6.35. The summed E-state index contributed by atoms with van der Waals surface area (Å²) in [6.07, 6.45) is -1.89. The lowest BCUT2D eigenvalue weighted by molar-refractivity contribution is -0.147. The third-order valence-electron chi connectivity index (χ3n) is 4.48. The highest BCUT2D eigenvalue weighted by molar-refractivity contribution is 5.94. The third-order valence-corrected chi connectivity index (χ3v) is 4.48. The number of nitrogens with one attached hydrogen (secondary N) is 1. The molecule has 0 saturated carbocycles. The molecular formula is C22H19NO8. The topological polar surface area (TPSA) is 143 Å². The molecule has 0 aliphatic rings. The van der Waals surface area contributed by atoms with E-state index >= 15 is 0 Å². The van der Waals surface area contributed by atoms with Gasteiger partial charge in [0.05, 0.1) is 6.42 Å². The van der Waals surface area contributed by atoms with Crippen LogP contribution in [0.15, 0.2) is 63.8 Å². The Morgan fingerprint density at radius 1 is 1.06 bits per heavy atom. The van der Waals surface area contributed by atoms with Crippen LogP contribution in [-0.4, -0.2) is 40.2 Å². The summed E-state index contributed by atoms with van der Waals surface area (Å²) in [7, 11) is 0. The number of fused-ring (bicyclic) bond motifs is 1. The van der Waals surface area contributed by atoms with Crippen LogP contribution in [0.4, 0.5) is 0 Å². The lowest BCUT2D eigenvalue weighted by atomic mass is 10.0. The Bertz CT molecular complexity index is 1190. The van der Waals surface area contributed by atoms with Crippen molar-refractivity contribution in [3.8, 4) is 16.9 Å². The molecular weight excluding hydrogens is 406 g/mol. The summed E-state index contributed by atoms with van der Waals surface area (Å²) in [6.45, 7) is 1.38. The molecule has 0 fully saturated rings. The van der Waals surface area contributed by atoms with Crippen molar-refractivity contribution < 1.29 is 33.8 Å². The first-order chi connectivity index (χ1) is 14.7.